The average Bonchev–Trinajstić information content (AvgIpc) is 3.49. The molecule has 1 aliphatic heterocycles. The van der Waals surface area contributed by atoms with Gasteiger partial charge < -0.3 is 10.1 Å². The van der Waals surface area contributed by atoms with Crippen LogP contribution in [-0.2, 0) is 10.5 Å². The molecule has 2 aromatic carbocycles. The number of fused-ring (bicyclic) bond motifs is 1. The number of hydrogen-bond acceptors (Lipinski definition) is 8. The van der Waals surface area contributed by atoms with Crippen molar-refractivity contribution in [2.24, 2.45) is 0 Å². The Morgan fingerprint density at radius 1 is 1.19 bits per heavy atom. The molecule has 1 unspecified atom stereocenters. The van der Waals surface area contributed by atoms with E-state index in [9.17, 15) is 9.18 Å². The van der Waals surface area contributed by atoms with Crippen molar-refractivity contribution in [3.05, 3.63) is 70.5 Å². The zero-order chi connectivity index (χ0) is 21.9. The third-order valence-corrected chi connectivity index (χ3v) is 7.18. The van der Waals surface area contributed by atoms with Crippen LogP contribution in [0.25, 0.3) is 16.6 Å². The van der Waals surface area contributed by atoms with E-state index in [1.807, 2.05) is 12.1 Å². The minimum absolute atomic E-state index is 0.186. The van der Waals surface area contributed by atoms with E-state index in [-0.39, 0.29) is 17.5 Å². The topological polar surface area (TPSA) is 81.9 Å². The van der Waals surface area contributed by atoms with Crippen molar-refractivity contribution in [1.29, 1.82) is 0 Å². The van der Waals surface area contributed by atoms with Crippen LogP contribution in [0.15, 0.2) is 57.7 Å². The third-order valence-electron chi connectivity index (χ3n) is 5.17. The first-order valence-electron chi connectivity index (χ1n) is 10.3. The molecule has 1 saturated heterocycles. The molecule has 4 aromatic rings. The summed E-state index contributed by atoms with van der Waals surface area (Å²) in [6, 6.07) is 13.1. The van der Waals surface area contributed by atoms with Crippen LogP contribution < -0.4 is 10.9 Å². The number of ether oxygens (including phenoxy) is 1. The smallest absolute Gasteiger partial charge is 0.265 e. The molecule has 0 saturated carbocycles. The van der Waals surface area contributed by atoms with Gasteiger partial charge in [-0.25, -0.2) is 9.37 Å². The predicted molar refractivity (Wildman–Crippen MR) is 124 cm³/mol. The Bertz CT molecular complexity index is 1290. The molecule has 10 heteroatoms. The highest BCUT2D eigenvalue weighted by atomic mass is 32.2. The van der Waals surface area contributed by atoms with E-state index in [1.165, 1.54) is 39.8 Å². The number of nitrogens with zero attached hydrogens (tertiary/aromatic N) is 4. The Hall–Kier alpha value is -2.82. The summed E-state index contributed by atoms with van der Waals surface area (Å²) in [7, 11) is 0. The lowest BCUT2D eigenvalue weighted by Gasteiger charge is -2.13. The normalized spacial score (nSPS) is 16.0. The molecule has 2 aromatic heterocycles. The lowest BCUT2D eigenvalue weighted by Crippen LogP contribution is -2.23. The fourth-order valence-electron chi connectivity index (χ4n) is 3.60. The molecule has 5 rings (SSSR count). The van der Waals surface area contributed by atoms with Crippen molar-refractivity contribution in [1.82, 2.24) is 19.7 Å². The van der Waals surface area contributed by atoms with Gasteiger partial charge in [-0.15, -0.1) is 10.2 Å². The number of para-hydroxylation sites is 1. The molecule has 0 bridgehead atoms. The Labute approximate surface area is 191 Å². The van der Waals surface area contributed by atoms with Crippen LogP contribution in [0.4, 0.5) is 9.52 Å². The van der Waals surface area contributed by atoms with E-state index >= 15 is 0 Å². The fourth-order valence-corrected chi connectivity index (χ4v) is 5.28. The molecule has 1 atom stereocenters. The monoisotopic (exact) mass is 469 g/mol. The van der Waals surface area contributed by atoms with Gasteiger partial charge in [-0.05, 0) is 49.2 Å². The highest BCUT2D eigenvalue weighted by Gasteiger charge is 2.17. The van der Waals surface area contributed by atoms with Gasteiger partial charge in [-0.3, -0.25) is 9.36 Å². The molecule has 1 fully saturated rings. The summed E-state index contributed by atoms with van der Waals surface area (Å²) in [6.45, 7) is 1.54. The Morgan fingerprint density at radius 2 is 2.03 bits per heavy atom. The quantitative estimate of drug-likeness (QED) is 0.405. The van der Waals surface area contributed by atoms with Gasteiger partial charge in [-0.1, -0.05) is 35.2 Å². The van der Waals surface area contributed by atoms with Crippen LogP contribution in [0, 0.1) is 5.82 Å². The lowest BCUT2D eigenvalue weighted by molar-refractivity contribution is 0.120. The molecular weight excluding hydrogens is 449 g/mol. The number of benzene rings is 2. The van der Waals surface area contributed by atoms with Gasteiger partial charge in [0.1, 0.15) is 11.6 Å². The van der Waals surface area contributed by atoms with Crippen LogP contribution in [0.5, 0.6) is 0 Å². The van der Waals surface area contributed by atoms with Crippen molar-refractivity contribution < 1.29 is 9.13 Å². The number of thioether (sulfide) groups is 1. The molecule has 1 aliphatic rings. The summed E-state index contributed by atoms with van der Waals surface area (Å²) < 4.78 is 21.4. The number of aromatic nitrogens is 4. The van der Waals surface area contributed by atoms with Crippen LogP contribution >= 0.6 is 23.1 Å². The fraction of sp³-hybridized carbons (Fsp3) is 0.273. The summed E-state index contributed by atoms with van der Waals surface area (Å²) in [5.74, 6) is 0.621. The van der Waals surface area contributed by atoms with Crippen molar-refractivity contribution >= 4 is 39.1 Å². The van der Waals surface area contributed by atoms with Gasteiger partial charge in [0.2, 0.25) is 5.13 Å². The maximum absolute atomic E-state index is 13.5. The average molecular weight is 470 g/mol. The molecule has 7 nitrogen and oxygen atoms in total. The van der Waals surface area contributed by atoms with Crippen LogP contribution in [-0.4, -0.2) is 39.0 Å². The molecule has 32 heavy (non-hydrogen) atoms. The summed E-state index contributed by atoms with van der Waals surface area (Å²) in [6.07, 6.45) is 2.38. The summed E-state index contributed by atoms with van der Waals surface area (Å²) in [5.41, 5.74) is 1.01. The van der Waals surface area contributed by atoms with Crippen molar-refractivity contribution in [2.45, 2.75) is 29.0 Å². The van der Waals surface area contributed by atoms with Gasteiger partial charge in [0.05, 0.1) is 28.4 Å². The molecular formula is C22H20FN5O2S2. The van der Waals surface area contributed by atoms with Crippen molar-refractivity contribution in [3.63, 3.8) is 0 Å². The van der Waals surface area contributed by atoms with E-state index < -0.39 is 0 Å². The third kappa shape index (κ3) is 4.52. The predicted octanol–water partition coefficient (Wildman–Crippen LogP) is 4.26. The zero-order valence-electron chi connectivity index (χ0n) is 17.0. The number of hydrogen-bond donors (Lipinski definition) is 1. The second-order valence-electron chi connectivity index (χ2n) is 7.34. The van der Waals surface area contributed by atoms with Gasteiger partial charge in [0.15, 0.2) is 4.34 Å². The molecule has 3 heterocycles. The zero-order valence-corrected chi connectivity index (χ0v) is 18.7. The molecule has 0 amide bonds. The molecule has 164 valence electrons. The van der Waals surface area contributed by atoms with E-state index in [1.54, 1.807) is 24.3 Å². The van der Waals surface area contributed by atoms with Crippen LogP contribution in [0.3, 0.4) is 0 Å². The maximum atomic E-state index is 13.5. The van der Waals surface area contributed by atoms with Gasteiger partial charge in [0.25, 0.3) is 5.56 Å². The molecule has 0 aliphatic carbocycles. The molecule has 0 spiro atoms. The highest BCUT2D eigenvalue weighted by molar-refractivity contribution is 8.00. The molecule has 1 N–H and O–H groups in total. The maximum Gasteiger partial charge on any atom is 0.265 e. The van der Waals surface area contributed by atoms with Crippen LogP contribution in [0.2, 0.25) is 0 Å². The standard InChI is InChI=1S/C22H20FN5O2S2/c23-14-7-9-15(10-8-14)28-19(25-18-6-2-1-5-17(18)20(28)29)13-31-22-27-26-21(32-22)24-12-16-4-3-11-30-16/h1-2,5-10,16H,3-4,11-13H2,(H,24,26). The number of rotatable bonds is 7. The van der Waals surface area contributed by atoms with Gasteiger partial charge in [-0.2, -0.15) is 0 Å². The van der Waals surface area contributed by atoms with Gasteiger partial charge in [0, 0.05) is 13.2 Å². The first-order chi connectivity index (χ1) is 15.7. The SMILES string of the molecule is O=c1c2ccccc2nc(CSc2nnc(NCC3CCCO3)s2)n1-c1ccc(F)cc1. The van der Waals surface area contributed by atoms with Crippen molar-refractivity contribution in [3.8, 4) is 5.69 Å². The Kier molecular flexibility index (Phi) is 6.15. The van der Waals surface area contributed by atoms with E-state index in [0.29, 0.717) is 28.2 Å². The Morgan fingerprint density at radius 3 is 2.84 bits per heavy atom. The number of anilines is 1. The second-order valence-corrected chi connectivity index (χ2v) is 9.54. The lowest BCUT2D eigenvalue weighted by atomic mass is 10.2. The van der Waals surface area contributed by atoms with Crippen molar-refractivity contribution in [2.75, 3.05) is 18.5 Å². The minimum atomic E-state index is -0.358. The van der Waals surface area contributed by atoms with E-state index in [0.717, 1.165) is 35.5 Å². The Balaban J connectivity index is 1.39. The first-order valence-corrected chi connectivity index (χ1v) is 12.1. The number of nitrogens with one attached hydrogen (secondary N) is 1. The minimum Gasteiger partial charge on any atom is -0.376 e. The second kappa shape index (κ2) is 9.35. The summed E-state index contributed by atoms with van der Waals surface area (Å²) in [5, 5.41) is 13.0. The van der Waals surface area contributed by atoms with E-state index in [2.05, 4.69) is 15.5 Å². The highest BCUT2D eigenvalue weighted by Crippen LogP contribution is 2.29. The largest absolute Gasteiger partial charge is 0.376 e. The van der Waals surface area contributed by atoms with Gasteiger partial charge >= 0.3 is 0 Å². The van der Waals surface area contributed by atoms with E-state index in [4.69, 9.17) is 9.72 Å². The first kappa shape index (κ1) is 21.0. The number of halogens is 1. The molecule has 0 radical (unpaired) electrons. The summed E-state index contributed by atoms with van der Waals surface area (Å²) in [4.78, 5) is 18.0. The van der Waals surface area contributed by atoms with Crippen LogP contribution in [0.1, 0.15) is 18.7 Å². The summed E-state index contributed by atoms with van der Waals surface area (Å²) >= 11 is 2.92.